The fourth-order valence-electron chi connectivity index (χ4n) is 1.54. The first kappa shape index (κ1) is 12.1. The highest BCUT2D eigenvalue weighted by Crippen LogP contribution is 2.23. The average molecular weight is 214 g/mol. The Labute approximate surface area is 88.4 Å². The number of rotatable bonds is 4. The van der Waals surface area contributed by atoms with Crippen molar-refractivity contribution in [2.75, 3.05) is 0 Å². The second-order valence-electron chi connectivity index (χ2n) is 4.01. The van der Waals surface area contributed by atoms with Crippen molar-refractivity contribution in [3.05, 3.63) is 35.4 Å². The highest BCUT2D eigenvalue weighted by molar-refractivity contribution is 5.22. The molecule has 84 valence electrons. The molecule has 1 aromatic rings. The van der Waals surface area contributed by atoms with Gasteiger partial charge in [0.05, 0.1) is 0 Å². The van der Waals surface area contributed by atoms with E-state index in [2.05, 4.69) is 5.43 Å². The minimum absolute atomic E-state index is 0.273. The van der Waals surface area contributed by atoms with Crippen molar-refractivity contribution in [1.29, 1.82) is 0 Å². The van der Waals surface area contributed by atoms with E-state index < -0.39 is 11.6 Å². The number of hydrazine groups is 1. The molecule has 0 heterocycles. The molecule has 0 aliphatic carbocycles. The predicted octanol–water partition coefficient (Wildman–Crippen LogP) is 2.52. The quantitative estimate of drug-likeness (QED) is 0.597. The number of halogens is 2. The minimum Gasteiger partial charge on any atom is -0.271 e. The van der Waals surface area contributed by atoms with Crippen LogP contribution in [0, 0.1) is 17.6 Å². The summed E-state index contributed by atoms with van der Waals surface area (Å²) >= 11 is 0. The summed E-state index contributed by atoms with van der Waals surface area (Å²) in [5.41, 5.74) is 2.96. The second kappa shape index (κ2) is 5.19. The third-order valence-electron chi connectivity index (χ3n) is 2.25. The zero-order chi connectivity index (χ0) is 11.4. The molecule has 2 nitrogen and oxygen atoms in total. The maximum absolute atomic E-state index is 13.4. The summed E-state index contributed by atoms with van der Waals surface area (Å²) in [6.45, 7) is 4.04. The zero-order valence-corrected chi connectivity index (χ0v) is 8.93. The SMILES string of the molecule is CC(C)CC(NN)c1ccc(F)cc1F. The molecule has 3 N–H and O–H groups in total. The Morgan fingerprint density at radius 2 is 2.00 bits per heavy atom. The van der Waals surface area contributed by atoms with Gasteiger partial charge in [-0.15, -0.1) is 0 Å². The molecule has 1 unspecified atom stereocenters. The van der Waals surface area contributed by atoms with Crippen molar-refractivity contribution >= 4 is 0 Å². The van der Waals surface area contributed by atoms with E-state index in [9.17, 15) is 8.78 Å². The van der Waals surface area contributed by atoms with Crippen LogP contribution in [-0.2, 0) is 0 Å². The summed E-state index contributed by atoms with van der Waals surface area (Å²) in [6.07, 6.45) is 0.707. The molecule has 1 rings (SSSR count). The Bertz CT molecular complexity index is 326. The fourth-order valence-corrected chi connectivity index (χ4v) is 1.54. The van der Waals surface area contributed by atoms with E-state index in [-0.39, 0.29) is 6.04 Å². The van der Waals surface area contributed by atoms with E-state index in [0.717, 1.165) is 6.07 Å². The van der Waals surface area contributed by atoms with Crippen LogP contribution in [0.1, 0.15) is 31.9 Å². The topological polar surface area (TPSA) is 38.0 Å². The molecular formula is C11H16F2N2. The van der Waals surface area contributed by atoms with E-state index in [1.807, 2.05) is 13.8 Å². The molecule has 0 amide bonds. The molecule has 0 radical (unpaired) electrons. The number of hydrogen-bond acceptors (Lipinski definition) is 2. The highest BCUT2D eigenvalue weighted by Gasteiger charge is 2.15. The fraction of sp³-hybridized carbons (Fsp3) is 0.455. The van der Waals surface area contributed by atoms with Crippen LogP contribution in [0.2, 0.25) is 0 Å². The first-order valence-electron chi connectivity index (χ1n) is 4.95. The van der Waals surface area contributed by atoms with Gasteiger partial charge in [-0.3, -0.25) is 11.3 Å². The maximum Gasteiger partial charge on any atom is 0.130 e. The number of nitrogens with one attached hydrogen (secondary N) is 1. The Kier molecular flexibility index (Phi) is 4.17. The number of hydrogen-bond donors (Lipinski definition) is 2. The van der Waals surface area contributed by atoms with E-state index in [4.69, 9.17) is 5.84 Å². The highest BCUT2D eigenvalue weighted by atomic mass is 19.1. The van der Waals surface area contributed by atoms with Gasteiger partial charge >= 0.3 is 0 Å². The lowest BCUT2D eigenvalue weighted by atomic mass is 9.97. The maximum atomic E-state index is 13.4. The van der Waals surface area contributed by atoms with E-state index >= 15 is 0 Å². The summed E-state index contributed by atoms with van der Waals surface area (Å²) in [4.78, 5) is 0. The molecule has 0 aromatic heterocycles. The molecule has 0 saturated heterocycles. The van der Waals surface area contributed by atoms with Crippen LogP contribution in [0.15, 0.2) is 18.2 Å². The van der Waals surface area contributed by atoms with Gasteiger partial charge in [-0.05, 0) is 18.4 Å². The van der Waals surface area contributed by atoms with Crippen LogP contribution in [0.3, 0.4) is 0 Å². The lowest BCUT2D eigenvalue weighted by Gasteiger charge is -2.18. The van der Waals surface area contributed by atoms with Gasteiger partial charge in [-0.25, -0.2) is 8.78 Å². The molecular weight excluding hydrogens is 198 g/mol. The number of benzene rings is 1. The van der Waals surface area contributed by atoms with E-state index in [1.165, 1.54) is 12.1 Å². The van der Waals surface area contributed by atoms with Crippen molar-refractivity contribution in [2.45, 2.75) is 26.3 Å². The van der Waals surface area contributed by atoms with Crippen molar-refractivity contribution in [3.63, 3.8) is 0 Å². The monoisotopic (exact) mass is 214 g/mol. The third-order valence-corrected chi connectivity index (χ3v) is 2.25. The molecule has 1 atom stereocenters. The van der Waals surface area contributed by atoms with Crippen LogP contribution < -0.4 is 11.3 Å². The molecule has 0 bridgehead atoms. The van der Waals surface area contributed by atoms with Crippen LogP contribution in [0.25, 0.3) is 0 Å². The Morgan fingerprint density at radius 1 is 1.33 bits per heavy atom. The van der Waals surface area contributed by atoms with Gasteiger partial charge in [0.15, 0.2) is 0 Å². The molecule has 4 heteroatoms. The van der Waals surface area contributed by atoms with Gasteiger partial charge in [-0.1, -0.05) is 19.9 Å². The first-order valence-corrected chi connectivity index (χ1v) is 4.95. The van der Waals surface area contributed by atoms with Gasteiger partial charge in [0, 0.05) is 17.7 Å². The summed E-state index contributed by atoms with van der Waals surface area (Å²) in [5, 5.41) is 0. The number of nitrogens with two attached hydrogens (primary N) is 1. The molecule has 0 saturated carbocycles. The minimum atomic E-state index is -0.573. The van der Waals surface area contributed by atoms with Gasteiger partial charge < -0.3 is 0 Å². The van der Waals surface area contributed by atoms with Crippen molar-refractivity contribution in [2.24, 2.45) is 11.8 Å². The summed E-state index contributed by atoms with van der Waals surface area (Å²) in [5.74, 6) is 4.60. The van der Waals surface area contributed by atoms with Gasteiger partial charge in [0.2, 0.25) is 0 Å². The van der Waals surface area contributed by atoms with Gasteiger partial charge in [-0.2, -0.15) is 0 Å². The van der Waals surface area contributed by atoms with Gasteiger partial charge in [0.1, 0.15) is 11.6 Å². The van der Waals surface area contributed by atoms with Crippen LogP contribution in [0.4, 0.5) is 8.78 Å². The van der Waals surface area contributed by atoms with Crippen LogP contribution in [-0.4, -0.2) is 0 Å². The van der Waals surface area contributed by atoms with Gasteiger partial charge in [0.25, 0.3) is 0 Å². The predicted molar refractivity (Wildman–Crippen MR) is 55.9 cm³/mol. The third kappa shape index (κ3) is 3.25. The summed E-state index contributed by atoms with van der Waals surface area (Å²) in [6, 6.07) is 3.27. The van der Waals surface area contributed by atoms with Crippen molar-refractivity contribution < 1.29 is 8.78 Å². The molecule has 1 aromatic carbocycles. The van der Waals surface area contributed by atoms with E-state index in [1.54, 1.807) is 0 Å². The summed E-state index contributed by atoms with van der Waals surface area (Å²) in [7, 11) is 0. The van der Waals surface area contributed by atoms with Crippen molar-refractivity contribution in [3.8, 4) is 0 Å². The normalized spacial score (nSPS) is 13.2. The first-order chi connectivity index (χ1) is 7.04. The summed E-state index contributed by atoms with van der Waals surface area (Å²) < 4.78 is 26.1. The largest absolute Gasteiger partial charge is 0.271 e. The average Bonchev–Trinajstić information content (AvgIpc) is 2.14. The Hall–Kier alpha value is -1.00. The molecule has 0 fully saturated rings. The Morgan fingerprint density at radius 3 is 2.47 bits per heavy atom. The molecule has 15 heavy (non-hydrogen) atoms. The van der Waals surface area contributed by atoms with Crippen LogP contribution >= 0.6 is 0 Å². The van der Waals surface area contributed by atoms with Crippen LogP contribution in [0.5, 0.6) is 0 Å². The molecule has 0 spiro atoms. The lowest BCUT2D eigenvalue weighted by Crippen LogP contribution is -2.29. The van der Waals surface area contributed by atoms with E-state index in [0.29, 0.717) is 17.9 Å². The second-order valence-corrected chi connectivity index (χ2v) is 4.01. The molecule has 0 aliphatic heterocycles. The zero-order valence-electron chi connectivity index (χ0n) is 8.93. The molecule has 0 aliphatic rings. The lowest BCUT2D eigenvalue weighted by molar-refractivity contribution is 0.421. The van der Waals surface area contributed by atoms with Crippen molar-refractivity contribution in [1.82, 2.24) is 5.43 Å². The Balaban J connectivity index is 2.91. The standard InChI is InChI=1S/C11H16F2N2/c1-7(2)5-11(15-14)9-4-3-8(12)6-10(9)13/h3-4,6-7,11,15H,5,14H2,1-2H3. The smallest absolute Gasteiger partial charge is 0.130 e.